The maximum absolute atomic E-state index is 11.3. The molecule has 22 heavy (non-hydrogen) atoms. The normalized spacial score (nSPS) is 20.5. The molecule has 0 radical (unpaired) electrons. The van der Waals surface area contributed by atoms with E-state index in [9.17, 15) is 4.79 Å². The third kappa shape index (κ3) is 2.92. The second kappa shape index (κ2) is 6.20. The first kappa shape index (κ1) is 15.2. The Morgan fingerprint density at radius 1 is 1.14 bits per heavy atom. The molecule has 1 fully saturated rings. The molecule has 1 aromatic rings. The molecular formula is C16H25N5O. The summed E-state index contributed by atoms with van der Waals surface area (Å²) in [7, 11) is 0. The first-order valence-corrected chi connectivity index (χ1v) is 8.21. The Labute approximate surface area is 131 Å². The molecule has 3 rings (SSSR count). The highest BCUT2D eigenvalue weighted by Gasteiger charge is 2.27. The molecule has 1 saturated heterocycles. The monoisotopic (exact) mass is 303 g/mol. The van der Waals surface area contributed by atoms with E-state index in [0.29, 0.717) is 0 Å². The fraction of sp³-hybridized carbons (Fsp3) is 0.688. The number of primary amides is 1. The van der Waals surface area contributed by atoms with Gasteiger partial charge in [-0.1, -0.05) is 0 Å². The Hall–Kier alpha value is -1.69. The van der Waals surface area contributed by atoms with Gasteiger partial charge in [0.05, 0.1) is 6.04 Å². The molecule has 2 N–H and O–H groups in total. The van der Waals surface area contributed by atoms with Crippen molar-refractivity contribution in [1.29, 1.82) is 0 Å². The Balaban J connectivity index is 1.76. The number of nitrogens with two attached hydrogens (primary N) is 1. The highest BCUT2D eigenvalue weighted by molar-refractivity contribution is 5.79. The fourth-order valence-electron chi connectivity index (χ4n) is 3.46. The van der Waals surface area contributed by atoms with E-state index in [1.807, 2.05) is 13.8 Å². The standard InChI is InChI=1S/C16H25N5O/c1-11(15(17)22)20-7-9-21(10-8-20)16-13-5-3-4-6-14(13)18-12(2)19-16/h11H,3-10H2,1-2H3,(H2,17,22). The van der Waals surface area contributed by atoms with Crippen LogP contribution in [-0.2, 0) is 17.6 Å². The van der Waals surface area contributed by atoms with Gasteiger partial charge in [0.15, 0.2) is 0 Å². The third-order valence-electron chi connectivity index (χ3n) is 4.85. The number of nitrogens with zero attached hydrogens (tertiary/aromatic N) is 4. The van der Waals surface area contributed by atoms with E-state index in [0.717, 1.165) is 50.7 Å². The van der Waals surface area contributed by atoms with E-state index >= 15 is 0 Å². The summed E-state index contributed by atoms with van der Waals surface area (Å²) in [4.78, 5) is 25.2. The highest BCUT2D eigenvalue weighted by atomic mass is 16.1. The van der Waals surface area contributed by atoms with Crippen molar-refractivity contribution in [1.82, 2.24) is 14.9 Å². The zero-order chi connectivity index (χ0) is 15.7. The van der Waals surface area contributed by atoms with Gasteiger partial charge in [-0.2, -0.15) is 0 Å². The van der Waals surface area contributed by atoms with E-state index in [4.69, 9.17) is 10.7 Å². The molecule has 0 spiro atoms. The first-order valence-electron chi connectivity index (χ1n) is 8.21. The average molecular weight is 303 g/mol. The molecule has 0 saturated carbocycles. The number of rotatable bonds is 3. The van der Waals surface area contributed by atoms with Crippen LogP contribution in [0.25, 0.3) is 0 Å². The lowest BCUT2D eigenvalue weighted by Crippen LogP contribution is -2.53. The Bertz CT molecular complexity index is 566. The maximum Gasteiger partial charge on any atom is 0.234 e. The number of piperazine rings is 1. The van der Waals surface area contributed by atoms with Crippen LogP contribution in [0.4, 0.5) is 5.82 Å². The minimum Gasteiger partial charge on any atom is -0.368 e. The molecule has 0 bridgehead atoms. The summed E-state index contributed by atoms with van der Waals surface area (Å²) in [5, 5.41) is 0. The van der Waals surface area contributed by atoms with Crippen molar-refractivity contribution in [2.45, 2.75) is 45.6 Å². The van der Waals surface area contributed by atoms with Gasteiger partial charge >= 0.3 is 0 Å². The average Bonchev–Trinajstić information content (AvgIpc) is 2.53. The number of aromatic nitrogens is 2. The third-order valence-corrected chi connectivity index (χ3v) is 4.85. The Kier molecular flexibility index (Phi) is 4.29. The van der Waals surface area contributed by atoms with Crippen LogP contribution in [0.2, 0.25) is 0 Å². The van der Waals surface area contributed by atoms with Crippen LogP contribution in [0.3, 0.4) is 0 Å². The molecular weight excluding hydrogens is 278 g/mol. The molecule has 2 aliphatic rings. The van der Waals surface area contributed by atoms with Crippen LogP contribution in [0.15, 0.2) is 0 Å². The van der Waals surface area contributed by atoms with Crippen LogP contribution in [-0.4, -0.2) is 53.0 Å². The van der Waals surface area contributed by atoms with Crippen molar-refractivity contribution in [3.8, 4) is 0 Å². The van der Waals surface area contributed by atoms with Crippen molar-refractivity contribution >= 4 is 11.7 Å². The van der Waals surface area contributed by atoms with Crippen molar-refractivity contribution < 1.29 is 4.79 Å². The van der Waals surface area contributed by atoms with E-state index in [1.165, 1.54) is 24.1 Å². The lowest BCUT2D eigenvalue weighted by atomic mass is 9.96. The summed E-state index contributed by atoms with van der Waals surface area (Å²) < 4.78 is 0. The number of hydrogen-bond donors (Lipinski definition) is 1. The van der Waals surface area contributed by atoms with E-state index in [2.05, 4.69) is 14.8 Å². The molecule has 1 aromatic heterocycles. The van der Waals surface area contributed by atoms with Crippen molar-refractivity contribution in [3.63, 3.8) is 0 Å². The number of aryl methyl sites for hydroxylation is 2. The molecule has 2 heterocycles. The van der Waals surface area contributed by atoms with Gasteiger partial charge in [-0.25, -0.2) is 9.97 Å². The Morgan fingerprint density at radius 2 is 1.82 bits per heavy atom. The molecule has 120 valence electrons. The number of fused-ring (bicyclic) bond motifs is 1. The minimum atomic E-state index is -0.247. The van der Waals surface area contributed by atoms with Gasteiger partial charge in [0.25, 0.3) is 0 Å². The SMILES string of the molecule is Cc1nc2c(c(N3CCN(C(C)C(N)=O)CC3)n1)CCCC2. The second-order valence-corrected chi connectivity index (χ2v) is 6.33. The number of hydrogen-bond acceptors (Lipinski definition) is 5. The summed E-state index contributed by atoms with van der Waals surface area (Å²) in [5.74, 6) is 1.74. The smallest absolute Gasteiger partial charge is 0.234 e. The molecule has 1 atom stereocenters. The van der Waals surface area contributed by atoms with Gasteiger partial charge in [-0.05, 0) is 39.5 Å². The number of carbonyl (C=O) groups is 1. The van der Waals surface area contributed by atoms with Gasteiger partial charge in [0, 0.05) is 37.4 Å². The largest absolute Gasteiger partial charge is 0.368 e. The zero-order valence-electron chi connectivity index (χ0n) is 13.5. The topological polar surface area (TPSA) is 75.3 Å². The number of carbonyl (C=O) groups excluding carboxylic acids is 1. The highest BCUT2D eigenvalue weighted by Crippen LogP contribution is 2.28. The van der Waals surface area contributed by atoms with Crippen LogP contribution in [0.5, 0.6) is 0 Å². The molecule has 1 amide bonds. The quantitative estimate of drug-likeness (QED) is 0.888. The molecule has 6 nitrogen and oxygen atoms in total. The van der Waals surface area contributed by atoms with Gasteiger partial charge < -0.3 is 10.6 Å². The van der Waals surface area contributed by atoms with Gasteiger partial charge in [-0.15, -0.1) is 0 Å². The summed E-state index contributed by atoms with van der Waals surface area (Å²) in [6.07, 6.45) is 4.62. The minimum absolute atomic E-state index is 0.191. The summed E-state index contributed by atoms with van der Waals surface area (Å²) in [6, 6.07) is -0.191. The van der Waals surface area contributed by atoms with E-state index < -0.39 is 0 Å². The summed E-state index contributed by atoms with van der Waals surface area (Å²) in [6.45, 7) is 7.34. The lowest BCUT2D eigenvalue weighted by Gasteiger charge is -2.38. The van der Waals surface area contributed by atoms with E-state index in [-0.39, 0.29) is 11.9 Å². The molecule has 1 aliphatic carbocycles. The van der Waals surface area contributed by atoms with Crippen LogP contribution in [0.1, 0.15) is 36.8 Å². The van der Waals surface area contributed by atoms with Crippen molar-refractivity contribution in [2.24, 2.45) is 5.73 Å². The first-order chi connectivity index (χ1) is 10.6. The van der Waals surface area contributed by atoms with Gasteiger partial charge in [-0.3, -0.25) is 9.69 Å². The van der Waals surface area contributed by atoms with Crippen molar-refractivity contribution in [2.75, 3.05) is 31.1 Å². The maximum atomic E-state index is 11.3. The number of anilines is 1. The fourth-order valence-corrected chi connectivity index (χ4v) is 3.46. The van der Waals surface area contributed by atoms with Gasteiger partial charge in [0.1, 0.15) is 11.6 Å². The van der Waals surface area contributed by atoms with Crippen LogP contribution >= 0.6 is 0 Å². The predicted octanol–water partition coefficient (Wildman–Crippen LogP) is 0.660. The molecule has 1 aliphatic heterocycles. The van der Waals surface area contributed by atoms with Crippen molar-refractivity contribution in [3.05, 3.63) is 17.1 Å². The zero-order valence-corrected chi connectivity index (χ0v) is 13.5. The molecule has 0 aromatic carbocycles. The second-order valence-electron chi connectivity index (χ2n) is 6.33. The summed E-state index contributed by atoms with van der Waals surface area (Å²) >= 11 is 0. The van der Waals surface area contributed by atoms with Crippen LogP contribution in [0, 0.1) is 6.92 Å². The van der Waals surface area contributed by atoms with E-state index in [1.54, 1.807) is 0 Å². The lowest BCUT2D eigenvalue weighted by molar-refractivity contribution is -0.122. The molecule has 1 unspecified atom stereocenters. The summed E-state index contributed by atoms with van der Waals surface area (Å²) in [5.41, 5.74) is 7.99. The molecule has 6 heteroatoms. The van der Waals surface area contributed by atoms with Gasteiger partial charge in [0.2, 0.25) is 5.91 Å². The Morgan fingerprint density at radius 3 is 2.50 bits per heavy atom. The van der Waals surface area contributed by atoms with Crippen LogP contribution < -0.4 is 10.6 Å². The number of amides is 1. The predicted molar refractivity (Wildman–Crippen MR) is 85.9 cm³/mol.